The van der Waals surface area contributed by atoms with Crippen LogP contribution in [0.4, 0.5) is 5.69 Å². The van der Waals surface area contributed by atoms with Gasteiger partial charge in [-0.05, 0) is 12.1 Å². The average Bonchev–Trinajstić information content (AvgIpc) is 2.42. The summed E-state index contributed by atoms with van der Waals surface area (Å²) in [5, 5.41) is 19.5. The maximum Gasteiger partial charge on any atom is 0.240 e. The van der Waals surface area contributed by atoms with Crippen molar-refractivity contribution in [2.75, 3.05) is 24.5 Å². The highest BCUT2D eigenvalue weighted by molar-refractivity contribution is 5.81. The van der Waals surface area contributed by atoms with Gasteiger partial charge in [0.2, 0.25) is 5.91 Å². The van der Waals surface area contributed by atoms with Crippen molar-refractivity contribution in [2.45, 2.75) is 6.42 Å². The van der Waals surface area contributed by atoms with E-state index in [4.69, 9.17) is 10.5 Å². The zero-order chi connectivity index (χ0) is 13.2. The van der Waals surface area contributed by atoms with Crippen molar-refractivity contribution in [1.29, 1.82) is 10.5 Å². The van der Waals surface area contributed by atoms with E-state index in [1.165, 1.54) is 0 Å². The van der Waals surface area contributed by atoms with Crippen molar-refractivity contribution in [2.24, 2.45) is 0 Å². The monoisotopic (exact) mass is 242 g/mol. The van der Waals surface area contributed by atoms with Crippen LogP contribution in [0.15, 0.2) is 30.3 Å². The number of hydrogen-bond acceptors (Lipinski definition) is 4. The minimum absolute atomic E-state index is 0.000285. The minimum atomic E-state index is -0.224. The average molecular weight is 242 g/mol. The van der Waals surface area contributed by atoms with Gasteiger partial charge in [-0.1, -0.05) is 18.2 Å². The minimum Gasteiger partial charge on any atom is -0.361 e. The fourth-order valence-corrected chi connectivity index (χ4v) is 1.49. The van der Waals surface area contributed by atoms with Crippen molar-refractivity contribution in [3.63, 3.8) is 0 Å². The Kier molecular flexibility index (Phi) is 5.79. The van der Waals surface area contributed by atoms with Gasteiger partial charge in [-0.25, -0.2) is 0 Å². The molecular formula is C13H14N4O. The van der Waals surface area contributed by atoms with Gasteiger partial charge in [0.1, 0.15) is 6.54 Å². The smallest absolute Gasteiger partial charge is 0.240 e. The van der Waals surface area contributed by atoms with Crippen LogP contribution in [0.5, 0.6) is 0 Å². The molecule has 0 aliphatic rings. The summed E-state index contributed by atoms with van der Waals surface area (Å²) in [5.41, 5.74) is 0.889. The van der Waals surface area contributed by atoms with Crippen molar-refractivity contribution >= 4 is 11.6 Å². The molecule has 92 valence electrons. The predicted molar refractivity (Wildman–Crippen MR) is 67.5 cm³/mol. The van der Waals surface area contributed by atoms with Crippen LogP contribution in [0, 0.1) is 22.7 Å². The van der Waals surface area contributed by atoms with E-state index >= 15 is 0 Å². The van der Waals surface area contributed by atoms with Gasteiger partial charge >= 0.3 is 0 Å². The van der Waals surface area contributed by atoms with Crippen LogP contribution in [0.25, 0.3) is 0 Å². The first kappa shape index (κ1) is 13.5. The summed E-state index contributed by atoms with van der Waals surface area (Å²) in [7, 11) is 0. The molecule has 0 bridgehead atoms. The first-order valence-electron chi connectivity index (χ1n) is 5.58. The molecule has 0 fully saturated rings. The third-order valence-electron chi connectivity index (χ3n) is 2.31. The van der Waals surface area contributed by atoms with Gasteiger partial charge in [-0.2, -0.15) is 10.5 Å². The Morgan fingerprint density at radius 2 is 1.94 bits per heavy atom. The number of hydrogen-bond donors (Lipinski definition) is 1. The molecule has 18 heavy (non-hydrogen) atoms. The van der Waals surface area contributed by atoms with Crippen LogP contribution in [0.1, 0.15) is 6.42 Å². The lowest BCUT2D eigenvalue weighted by Gasteiger charge is -2.22. The quantitative estimate of drug-likeness (QED) is 0.756. The molecule has 5 heteroatoms. The standard InChI is InChI=1S/C13H14N4O/c14-7-4-10-17(11-13(18)16-9-8-15)12-5-2-1-3-6-12/h1-3,5-6H,4,9-11H2,(H,16,18). The molecular weight excluding hydrogens is 228 g/mol. The summed E-state index contributed by atoms with van der Waals surface area (Å²) in [4.78, 5) is 13.4. The van der Waals surface area contributed by atoms with Crippen LogP contribution in [-0.4, -0.2) is 25.5 Å². The molecule has 0 saturated heterocycles. The number of anilines is 1. The number of nitriles is 2. The molecule has 0 aliphatic heterocycles. The number of carbonyl (C=O) groups excluding carboxylic acids is 1. The summed E-state index contributed by atoms with van der Waals surface area (Å²) < 4.78 is 0. The molecule has 0 unspecified atom stereocenters. The predicted octanol–water partition coefficient (Wildman–Crippen LogP) is 1.05. The number of carbonyl (C=O) groups is 1. The molecule has 1 aromatic rings. The topological polar surface area (TPSA) is 79.9 Å². The van der Waals surface area contributed by atoms with Crippen molar-refractivity contribution in [1.82, 2.24) is 5.32 Å². The lowest BCUT2D eigenvalue weighted by Crippen LogP contribution is -2.37. The Morgan fingerprint density at radius 3 is 2.56 bits per heavy atom. The van der Waals surface area contributed by atoms with Crippen LogP contribution in [-0.2, 0) is 4.79 Å². The van der Waals surface area contributed by atoms with Gasteiger partial charge in [0.25, 0.3) is 0 Å². The van der Waals surface area contributed by atoms with Gasteiger partial charge in [-0.3, -0.25) is 4.79 Å². The summed E-state index contributed by atoms with van der Waals surface area (Å²) in [6.45, 7) is 0.633. The molecule has 0 radical (unpaired) electrons. The van der Waals surface area contributed by atoms with Crippen LogP contribution in [0.2, 0.25) is 0 Å². The summed E-state index contributed by atoms with van der Waals surface area (Å²) >= 11 is 0. The van der Waals surface area contributed by atoms with Crippen molar-refractivity contribution in [3.05, 3.63) is 30.3 Å². The number of nitrogens with zero attached hydrogens (tertiary/aromatic N) is 3. The maximum atomic E-state index is 11.6. The second-order valence-electron chi connectivity index (χ2n) is 3.60. The Balaban J connectivity index is 2.65. The molecule has 1 N–H and O–H groups in total. The SMILES string of the molecule is N#CCCN(CC(=O)NCC#N)c1ccccc1. The molecule has 0 heterocycles. The number of nitrogens with one attached hydrogen (secondary N) is 1. The van der Waals surface area contributed by atoms with E-state index < -0.39 is 0 Å². The summed E-state index contributed by atoms with van der Waals surface area (Å²) in [5.74, 6) is -0.224. The molecule has 0 aliphatic carbocycles. The van der Waals surface area contributed by atoms with Gasteiger partial charge in [0.15, 0.2) is 0 Å². The number of rotatable bonds is 6. The third-order valence-corrected chi connectivity index (χ3v) is 2.31. The molecule has 1 rings (SSSR count). The van der Waals surface area contributed by atoms with E-state index in [0.29, 0.717) is 13.0 Å². The van der Waals surface area contributed by atoms with E-state index in [1.54, 1.807) is 0 Å². The van der Waals surface area contributed by atoms with Crippen LogP contribution >= 0.6 is 0 Å². The van der Waals surface area contributed by atoms with Gasteiger partial charge in [0.05, 0.1) is 25.1 Å². The highest BCUT2D eigenvalue weighted by Crippen LogP contribution is 2.12. The Labute approximate surface area is 106 Å². The maximum absolute atomic E-state index is 11.6. The fraction of sp³-hybridized carbons (Fsp3) is 0.308. The molecule has 0 spiro atoms. The normalized spacial score (nSPS) is 9.00. The molecule has 1 aromatic carbocycles. The van der Waals surface area contributed by atoms with E-state index in [-0.39, 0.29) is 19.0 Å². The van der Waals surface area contributed by atoms with Crippen molar-refractivity contribution < 1.29 is 4.79 Å². The molecule has 0 aromatic heterocycles. The lowest BCUT2D eigenvalue weighted by molar-refractivity contribution is -0.119. The summed E-state index contributed by atoms with van der Waals surface area (Å²) in [6, 6.07) is 13.3. The molecule has 0 atom stereocenters. The molecule has 0 saturated carbocycles. The second kappa shape index (κ2) is 7.70. The van der Waals surface area contributed by atoms with E-state index in [9.17, 15) is 4.79 Å². The number of amides is 1. The molecule has 5 nitrogen and oxygen atoms in total. The molecule has 1 amide bonds. The zero-order valence-corrected chi connectivity index (χ0v) is 9.97. The third kappa shape index (κ3) is 4.54. The highest BCUT2D eigenvalue weighted by atomic mass is 16.2. The summed E-state index contributed by atoms with van der Waals surface area (Å²) in [6.07, 6.45) is 0.348. The number of para-hydroxylation sites is 1. The Bertz CT molecular complexity index is 458. The highest BCUT2D eigenvalue weighted by Gasteiger charge is 2.10. The van der Waals surface area contributed by atoms with Crippen LogP contribution in [0.3, 0.4) is 0 Å². The van der Waals surface area contributed by atoms with E-state index in [1.807, 2.05) is 41.3 Å². The van der Waals surface area contributed by atoms with E-state index in [2.05, 4.69) is 11.4 Å². The Morgan fingerprint density at radius 1 is 1.22 bits per heavy atom. The zero-order valence-electron chi connectivity index (χ0n) is 9.97. The Hall–Kier alpha value is -2.53. The van der Waals surface area contributed by atoms with Gasteiger partial charge in [-0.15, -0.1) is 0 Å². The van der Waals surface area contributed by atoms with Gasteiger partial charge in [0, 0.05) is 12.2 Å². The van der Waals surface area contributed by atoms with E-state index in [0.717, 1.165) is 5.69 Å². The number of benzene rings is 1. The second-order valence-corrected chi connectivity index (χ2v) is 3.60. The van der Waals surface area contributed by atoms with Crippen LogP contribution < -0.4 is 10.2 Å². The lowest BCUT2D eigenvalue weighted by atomic mass is 10.2. The first-order chi connectivity index (χ1) is 8.77. The largest absolute Gasteiger partial charge is 0.361 e. The fourth-order valence-electron chi connectivity index (χ4n) is 1.49. The van der Waals surface area contributed by atoms with Gasteiger partial charge < -0.3 is 10.2 Å². The van der Waals surface area contributed by atoms with Crippen molar-refractivity contribution in [3.8, 4) is 12.1 Å². The first-order valence-corrected chi connectivity index (χ1v) is 5.58.